The first-order chi connectivity index (χ1) is 6.42. The molecule has 0 radical (unpaired) electrons. The Bertz CT molecular complexity index is 271. The Morgan fingerprint density at radius 3 is 2.86 bits per heavy atom. The van der Waals surface area contributed by atoms with Crippen LogP contribution >= 0.6 is 12.4 Å². The maximum Gasteiger partial charge on any atom is 0.0951 e. The van der Waals surface area contributed by atoms with Crippen LogP contribution in [0.2, 0.25) is 0 Å². The highest BCUT2D eigenvalue weighted by atomic mass is 35.5. The second-order valence-corrected chi connectivity index (χ2v) is 3.34. The molecule has 2 N–H and O–H groups in total. The fraction of sp³-hybridized carbons (Fsp3) is 0.667. The maximum atomic E-state index is 5.61. The van der Waals surface area contributed by atoms with Crippen LogP contribution in [0.25, 0.3) is 0 Å². The molecular weight excluding hydrogens is 202 g/mol. The molecule has 0 bridgehead atoms. The largest absolute Gasteiger partial charge is 0.381 e. The minimum Gasteiger partial charge on any atom is -0.381 e. The van der Waals surface area contributed by atoms with Gasteiger partial charge in [-0.1, -0.05) is 0 Å². The minimum atomic E-state index is 0. The van der Waals surface area contributed by atoms with Gasteiger partial charge in [-0.2, -0.15) is 0 Å². The summed E-state index contributed by atoms with van der Waals surface area (Å²) in [6.45, 7) is 2.27. The predicted molar refractivity (Wildman–Crippen MR) is 56.5 cm³/mol. The van der Waals surface area contributed by atoms with Crippen LogP contribution in [-0.2, 0) is 11.3 Å². The third-order valence-electron chi connectivity index (χ3n) is 2.54. The van der Waals surface area contributed by atoms with E-state index in [1.165, 1.54) is 0 Å². The molecular formula is C9H16ClN3O. The molecule has 4 nitrogen and oxygen atoms in total. The number of imidazole rings is 1. The molecule has 80 valence electrons. The second-order valence-electron chi connectivity index (χ2n) is 3.34. The van der Waals surface area contributed by atoms with E-state index < -0.39 is 0 Å². The van der Waals surface area contributed by atoms with Crippen LogP contribution in [0.3, 0.4) is 0 Å². The normalized spacial score (nSPS) is 17.8. The van der Waals surface area contributed by atoms with Gasteiger partial charge in [-0.05, 0) is 12.8 Å². The predicted octanol–water partition coefficient (Wildman–Crippen LogP) is 1.12. The van der Waals surface area contributed by atoms with E-state index in [4.69, 9.17) is 10.5 Å². The van der Waals surface area contributed by atoms with Crippen LogP contribution in [0.1, 0.15) is 24.6 Å². The van der Waals surface area contributed by atoms with Crippen molar-refractivity contribution in [3.63, 3.8) is 0 Å². The van der Waals surface area contributed by atoms with Gasteiger partial charge in [0, 0.05) is 32.0 Å². The molecule has 2 rings (SSSR count). The Morgan fingerprint density at radius 2 is 2.21 bits per heavy atom. The maximum absolute atomic E-state index is 5.61. The summed E-state index contributed by atoms with van der Waals surface area (Å²) >= 11 is 0. The Morgan fingerprint density at radius 1 is 1.50 bits per heavy atom. The molecule has 0 amide bonds. The highest BCUT2D eigenvalue weighted by molar-refractivity contribution is 5.85. The van der Waals surface area contributed by atoms with Crippen LogP contribution in [0.15, 0.2) is 12.5 Å². The Kier molecular flexibility index (Phi) is 4.38. The molecule has 1 aromatic rings. The lowest BCUT2D eigenvalue weighted by Gasteiger charge is -2.24. The van der Waals surface area contributed by atoms with Gasteiger partial charge in [0.25, 0.3) is 0 Å². The molecule has 1 fully saturated rings. The van der Waals surface area contributed by atoms with Crippen LogP contribution in [0, 0.1) is 0 Å². The first-order valence-electron chi connectivity index (χ1n) is 4.70. The van der Waals surface area contributed by atoms with Gasteiger partial charge >= 0.3 is 0 Å². The summed E-state index contributed by atoms with van der Waals surface area (Å²) in [5.74, 6) is 0. The van der Waals surface area contributed by atoms with E-state index in [2.05, 4.69) is 9.55 Å². The van der Waals surface area contributed by atoms with Gasteiger partial charge in [0.2, 0.25) is 0 Å². The Hall–Kier alpha value is -0.580. The van der Waals surface area contributed by atoms with E-state index in [9.17, 15) is 0 Å². The number of aromatic nitrogens is 2. The van der Waals surface area contributed by atoms with Gasteiger partial charge < -0.3 is 15.0 Å². The van der Waals surface area contributed by atoms with E-state index in [0.29, 0.717) is 12.6 Å². The van der Waals surface area contributed by atoms with Gasteiger partial charge in [-0.25, -0.2) is 4.98 Å². The number of ether oxygens (including phenoxy) is 1. The summed E-state index contributed by atoms with van der Waals surface area (Å²) in [4.78, 5) is 4.11. The monoisotopic (exact) mass is 217 g/mol. The zero-order valence-electron chi connectivity index (χ0n) is 8.06. The van der Waals surface area contributed by atoms with Gasteiger partial charge in [0.1, 0.15) is 0 Å². The van der Waals surface area contributed by atoms with Gasteiger partial charge in [-0.3, -0.25) is 0 Å². The van der Waals surface area contributed by atoms with E-state index >= 15 is 0 Å². The molecule has 1 saturated heterocycles. The van der Waals surface area contributed by atoms with Crippen molar-refractivity contribution in [2.45, 2.75) is 25.4 Å². The SMILES string of the molecule is Cl.NCc1cncn1C1CCOCC1. The average Bonchev–Trinajstić information content (AvgIpc) is 2.67. The second kappa shape index (κ2) is 5.34. The van der Waals surface area contributed by atoms with E-state index in [-0.39, 0.29) is 12.4 Å². The van der Waals surface area contributed by atoms with Crippen molar-refractivity contribution in [2.24, 2.45) is 5.73 Å². The third kappa shape index (κ3) is 2.26. The standard InChI is InChI=1S/C9H15N3O.ClH/c10-5-9-6-11-7-12(9)8-1-3-13-4-2-8;/h6-8H,1-5,10H2;1H. The summed E-state index contributed by atoms with van der Waals surface area (Å²) in [7, 11) is 0. The molecule has 1 aliphatic heterocycles. The topological polar surface area (TPSA) is 53.1 Å². The zero-order chi connectivity index (χ0) is 9.10. The van der Waals surface area contributed by atoms with Crippen LogP contribution in [0.5, 0.6) is 0 Å². The number of hydrogen-bond acceptors (Lipinski definition) is 3. The third-order valence-corrected chi connectivity index (χ3v) is 2.54. The Balaban J connectivity index is 0.000000980. The summed E-state index contributed by atoms with van der Waals surface area (Å²) in [5.41, 5.74) is 6.73. The van der Waals surface area contributed by atoms with E-state index in [0.717, 1.165) is 31.7 Å². The van der Waals surface area contributed by atoms with Gasteiger partial charge in [0.15, 0.2) is 0 Å². The molecule has 0 aromatic carbocycles. The zero-order valence-corrected chi connectivity index (χ0v) is 8.87. The summed E-state index contributed by atoms with van der Waals surface area (Å²) in [5, 5.41) is 0. The molecule has 0 spiro atoms. The fourth-order valence-corrected chi connectivity index (χ4v) is 1.78. The number of rotatable bonds is 2. The lowest BCUT2D eigenvalue weighted by molar-refractivity contribution is 0.0689. The lowest BCUT2D eigenvalue weighted by atomic mass is 10.1. The van der Waals surface area contributed by atoms with Crippen molar-refractivity contribution < 1.29 is 4.74 Å². The van der Waals surface area contributed by atoms with Crippen molar-refractivity contribution >= 4 is 12.4 Å². The van der Waals surface area contributed by atoms with Crippen molar-refractivity contribution in [3.05, 3.63) is 18.2 Å². The Labute approximate surface area is 89.9 Å². The molecule has 5 heteroatoms. The molecule has 0 aliphatic carbocycles. The fourth-order valence-electron chi connectivity index (χ4n) is 1.78. The van der Waals surface area contributed by atoms with Gasteiger partial charge in [0.05, 0.1) is 12.0 Å². The van der Waals surface area contributed by atoms with Crippen molar-refractivity contribution in [2.75, 3.05) is 13.2 Å². The smallest absolute Gasteiger partial charge is 0.0951 e. The van der Waals surface area contributed by atoms with Crippen LogP contribution in [-0.4, -0.2) is 22.8 Å². The lowest BCUT2D eigenvalue weighted by Crippen LogP contribution is -2.21. The highest BCUT2D eigenvalue weighted by Gasteiger charge is 2.16. The van der Waals surface area contributed by atoms with Crippen LogP contribution < -0.4 is 5.73 Å². The summed E-state index contributed by atoms with van der Waals surface area (Å²) in [6.07, 6.45) is 5.86. The molecule has 1 aliphatic rings. The molecule has 2 heterocycles. The average molecular weight is 218 g/mol. The summed E-state index contributed by atoms with van der Waals surface area (Å²) in [6, 6.07) is 0.537. The van der Waals surface area contributed by atoms with Crippen LogP contribution in [0.4, 0.5) is 0 Å². The molecule has 1 aromatic heterocycles. The van der Waals surface area contributed by atoms with E-state index in [1.807, 2.05) is 12.5 Å². The first-order valence-corrected chi connectivity index (χ1v) is 4.70. The number of nitrogens with zero attached hydrogens (tertiary/aromatic N) is 2. The summed E-state index contributed by atoms with van der Waals surface area (Å²) < 4.78 is 7.49. The highest BCUT2D eigenvalue weighted by Crippen LogP contribution is 2.21. The molecule has 0 unspecified atom stereocenters. The van der Waals surface area contributed by atoms with Crippen molar-refractivity contribution in [1.29, 1.82) is 0 Å². The van der Waals surface area contributed by atoms with E-state index in [1.54, 1.807) is 0 Å². The first kappa shape index (κ1) is 11.5. The number of nitrogens with two attached hydrogens (primary N) is 1. The molecule has 0 saturated carbocycles. The molecule has 14 heavy (non-hydrogen) atoms. The number of halogens is 1. The molecule has 0 atom stereocenters. The quantitative estimate of drug-likeness (QED) is 0.808. The van der Waals surface area contributed by atoms with Crippen molar-refractivity contribution in [1.82, 2.24) is 9.55 Å². The van der Waals surface area contributed by atoms with Gasteiger partial charge in [-0.15, -0.1) is 12.4 Å². The minimum absolute atomic E-state index is 0. The van der Waals surface area contributed by atoms with Crippen molar-refractivity contribution in [3.8, 4) is 0 Å². The number of hydrogen-bond donors (Lipinski definition) is 1.